The van der Waals surface area contributed by atoms with Crippen molar-refractivity contribution in [3.63, 3.8) is 0 Å². The van der Waals surface area contributed by atoms with Crippen LogP contribution in [0.25, 0.3) is 0 Å². The topological polar surface area (TPSA) is 0 Å². The standard InChI is InChI=1S/C15H19.2ClH.Zr/c1-2-4-14(3-1)15-8-11-5-12(9-15)7-13(6-11)10-15;;;/h3-4,11-13H,1,5-10H2;2*1H;/q;;;+2/p-2. The van der Waals surface area contributed by atoms with E-state index in [0.717, 1.165) is 17.8 Å². The summed E-state index contributed by atoms with van der Waals surface area (Å²) in [5.41, 5.74) is 2.42. The van der Waals surface area contributed by atoms with E-state index in [-0.39, 0.29) is 24.8 Å². The molecule has 0 aromatic rings. The van der Waals surface area contributed by atoms with Crippen molar-refractivity contribution >= 4 is 0 Å². The summed E-state index contributed by atoms with van der Waals surface area (Å²) in [4.78, 5) is 0. The first-order valence-corrected chi connectivity index (χ1v) is 8.09. The van der Waals surface area contributed by atoms with Crippen molar-refractivity contribution in [1.29, 1.82) is 0 Å². The first-order valence-electron chi connectivity index (χ1n) is 6.86. The van der Waals surface area contributed by atoms with Gasteiger partial charge >= 0.3 is 114 Å². The van der Waals surface area contributed by atoms with Crippen molar-refractivity contribution in [3.05, 3.63) is 21.0 Å². The zero-order chi connectivity index (χ0) is 10.8. The van der Waals surface area contributed by atoms with Crippen LogP contribution in [0, 0.1) is 23.2 Å². The molecule has 0 amide bonds. The Morgan fingerprint density at radius 3 is 1.83 bits per heavy atom. The Bertz CT molecular complexity index is 362. The van der Waals surface area contributed by atoms with E-state index in [9.17, 15) is 0 Å². The third-order valence-electron chi connectivity index (χ3n) is 5.52. The second-order valence-corrected chi connectivity index (χ2v) is 8.31. The third kappa shape index (κ3) is 2.34. The van der Waals surface area contributed by atoms with E-state index in [1.165, 1.54) is 25.7 Å². The number of hydrogen-bond acceptors (Lipinski definition) is 0. The van der Waals surface area contributed by atoms with Crippen LogP contribution in [-0.4, -0.2) is 0 Å². The summed E-state index contributed by atoms with van der Waals surface area (Å²) in [5, 5.41) is 0. The predicted octanol–water partition coefficient (Wildman–Crippen LogP) is -2.03. The van der Waals surface area contributed by atoms with Gasteiger partial charge in [0.15, 0.2) is 0 Å². The Kier molecular flexibility index (Phi) is 4.58. The summed E-state index contributed by atoms with van der Waals surface area (Å²) in [6.45, 7) is 0. The van der Waals surface area contributed by atoms with Gasteiger partial charge in [-0.2, -0.15) is 0 Å². The van der Waals surface area contributed by atoms with Gasteiger partial charge in [-0.15, -0.1) is 0 Å². The van der Waals surface area contributed by atoms with E-state index < -0.39 is 0 Å². The van der Waals surface area contributed by atoms with Crippen molar-refractivity contribution in [3.8, 4) is 0 Å². The molecule has 5 aliphatic carbocycles. The van der Waals surface area contributed by atoms with Crippen molar-refractivity contribution < 1.29 is 49.5 Å². The van der Waals surface area contributed by atoms with Crippen LogP contribution >= 0.6 is 0 Å². The maximum atomic E-state index is 2.57. The van der Waals surface area contributed by atoms with Crippen LogP contribution in [0.5, 0.6) is 0 Å². The molecule has 0 nitrogen and oxygen atoms in total. The summed E-state index contributed by atoms with van der Waals surface area (Å²) in [7, 11) is 0. The molecule has 4 fully saturated rings. The van der Waals surface area contributed by atoms with Crippen LogP contribution in [0.15, 0.2) is 21.0 Å². The molecule has 0 saturated heterocycles. The van der Waals surface area contributed by atoms with Gasteiger partial charge in [0.1, 0.15) is 0 Å². The molecule has 0 radical (unpaired) electrons. The Morgan fingerprint density at radius 1 is 0.944 bits per heavy atom. The number of allylic oxidation sites excluding steroid dienone is 4. The van der Waals surface area contributed by atoms with Gasteiger partial charge in [-0.05, 0) is 0 Å². The Balaban J connectivity index is 0.000000602. The molecule has 0 unspecified atom stereocenters. The van der Waals surface area contributed by atoms with Crippen molar-refractivity contribution in [2.45, 2.75) is 44.9 Å². The molecule has 0 atom stereocenters. The molecule has 18 heavy (non-hydrogen) atoms. The first kappa shape index (κ1) is 15.3. The third-order valence-corrected chi connectivity index (χ3v) is 6.38. The summed E-state index contributed by atoms with van der Waals surface area (Å²) < 4.78 is 1.68. The molecule has 0 aliphatic heterocycles. The molecular formula is C15H19Cl2Zr. The van der Waals surface area contributed by atoms with Crippen LogP contribution in [0.3, 0.4) is 0 Å². The first-order chi connectivity index (χ1) is 7.73. The number of rotatable bonds is 1. The number of halogens is 2. The van der Waals surface area contributed by atoms with Gasteiger partial charge in [0.2, 0.25) is 0 Å². The Labute approximate surface area is 138 Å². The van der Waals surface area contributed by atoms with Gasteiger partial charge < -0.3 is 24.8 Å². The molecule has 0 aromatic carbocycles. The van der Waals surface area contributed by atoms with Crippen LogP contribution in [0.2, 0.25) is 0 Å². The van der Waals surface area contributed by atoms with Crippen LogP contribution in [-0.2, 0) is 24.7 Å². The zero-order valence-electron chi connectivity index (χ0n) is 10.6. The molecule has 4 bridgehead atoms. The average Bonchev–Trinajstić information content (AvgIpc) is 2.63. The second kappa shape index (κ2) is 5.38. The SMILES string of the molecule is [Cl-].[Cl-].[Zr+2][C]1=CC(C23CC4CC(CC(C4)C2)C3)=CC1. The van der Waals surface area contributed by atoms with Crippen LogP contribution < -0.4 is 24.8 Å². The molecule has 3 heteroatoms. The molecule has 0 aromatic heterocycles. The molecule has 97 valence electrons. The van der Waals surface area contributed by atoms with Crippen molar-refractivity contribution in [1.82, 2.24) is 0 Å². The van der Waals surface area contributed by atoms with Gasteiger partial charge in [0.25, 0.3) is 0 Å². The van der Waals surface area contributed by atoms with E-state index in [0.29, 0.717) is 5.41 Å². The van der Waals surface area contributed by atoms with Gasteiger partial charge in [0.05, 0.1) is 0 Å². The zero-order valence-corrected chi connectivity index (χ0v) is 14.6. The Morgan fingerprint density at radius 2 is 1.44 bits per heavy atom. The second-order valence-electron chi connectivity index (χ2n) is 6.73. The van der Waals surface area contributed by atoms with Gasteiger partial charge in [-0.25, -0.2) is 0 Å². The summed E-state index contributed by atoms with van der Waals surface area (Å²) >= 11 is 1.64. The molecule has 4 saturated carbocycles. The maximum absolute atomic E-state index is 2.57. The quantitative estimate of drug-likeness (QED) is 0.506. The Hall–Kier alpha value is 0.943. The molecule has 0 spiro atoms. The molecule has 5 aliphatic rings. The fraction of sp³-hybridized carbons (Fsp3) is 0.733. The number of hydrogen-bond donors (Lipinski definition) is 0. The fourth-order valence-electron chi connectivity index (χ4n) is 5.36. The minimum absolute atomic E-state index is 0. The molecule has 0 N–H and O–H groups in total. The van der Waals surface area contributed by atoms with Crippen LogP contribution in [0.1, 0.15) is 44.9 Å². The predicted molar refractivity (Wildman–Crippen MR) is 61.4 cm³/mol. The molecular weight excluding hydrogens is 342 g/mol. The van der Waals surface area contributed by atoms with Crippen LogP contribution in [0.4, 0.5) is 0 Å². The van der Waals surface area contributed by atoms with E-state index in [4.69, 9.17) is 0 Å². The van der Waals surface area contributed by atoms with Gasteiger partial charge in [-0.3, -0.25) is 0 Å². The summed E-state index contributed by atoms with van der Waals surface area (Å²) in [6.07, 6.45) is 15.7. The average molecular weight is 361 g/mol. The fourth-order valence-corrected chi connectivity index (χ4v) is 5.99. The van der Waals surface area contributed by atoms with E-state index in [1.807, 2.05) is 0 Å². The van der Waals surface area contributed by atoms with Gasteiger partial charge in [-0.1, -0.05) is 0 Å². The molecule has 0 heterocycles. The molecule has 5 rings (SSSR count). The minimum atomic E-state index is 0. The summed E-state index contributed by atoms with van der Waals surface area (Å²) in [5.74, 6) is 3.28. The van der Waals surface area contributed by atoms with E-state index in [1.54, 1.807) is 52.8 Å². The van der Waals surface area contributed by atoms with Crippen molar-refractivity contribution in [2.75, 3.05) is 0 Å². The normalized spacial score (nSPS) is 44.0. The summed E-state index contributed by atoms with van der Waals surface area (Å²) in [6, 6.07) is 0. The van der Waals surface area contributed by atoms with E-state index in [2.05, 4.69) is 12.2 Å². The van der Waals surface area contributed by atoms with Crippen molar-refractivity contribution in [2.24, 2.45) is 23.2 Å². The monoisotopic (exact) mass is 359 g/mol. The van der Waals surface area contributed by atoms with E-state index >= 15 is 0 Å². The van der Waals surface area contributed by atoms with Gasteiger partial charge in [0, 0.05) is 0 Å².